The Labute approximate surface area is 111 Å². The summed E-state index contributed by atoms with van der Waals surface area (Å²) in [5.41, 5.74) is 7.68. The van der Waals surface area contributed by atoms with E-state index in [0.717, 1.165) is 10.5 Å². The highest BCUT2D eigenvalue weighted by Gasteiger charge is 2.30. The molecular formula is C12H19NS3. The fourth-order valence-electron chi connectivity index (χ4n) is 1.85. The van der Waals surface area contributed by atoms with E-state index >= 15 is 0 Å². The average Bonchev–Trinajstić information content (AvgIpc) is 2.68. The van der Waals surface area contributed by atoms with Gasteiger partial charge in [0.25, 0.3) is 0 Å². The molecule has 2 rings (SSSR count). The van der Waals surface area contributed by atoms with Gasteiger partial charge in [-0.15, -0.1) is 11.3 Å². The van der Waals surface area contributed by atoms with Crippen molar-refractivity contribution in [2.24, 2.45) is 5.73 Å². The van der Waals surface area contributed by atoms with Crippen LogP contribution in [0.3, 0.4) is 0 Å². The first-order valence-corrected chi connectivity index (χ1v) is 8.52. The molecule has 0 radical (unpaired) electrons. The van der Waals surface area contributed by atoms with Gasteiger partial charge in [0.1, 0.15) is 0 Å². The predicted molar refractivity (Wildman–Crippen MR) is 78.7 cm³/mol. The molecule has 0 saturated carbocycles. The van der Waals surface area contributed by atoms with Gasteiger partial charge in [-0.2, -0.15) is 23.5 Å². The summed E-state index contributed by atoms with van der Waals surface area (Å²) < 4.78 is 0. The number of aryl methyl sites for hydroxylation is 1. The number of rotatable bonds is 2. The summed E-state index contributed by atoms with van der Waals surface area (Å²) in [6.07, 6.45) is 0. The highest BCUT2D eigenvalue weighted by molar-refractivity contribution is 8.07. The number of hydrogen-bond donors (Lipinski definition) is 1. The van der Waals surface area contributed by atoms with E-state index in [0.29, 0.717) is 5.25 Å². The van der Waals surface area contributed by atoms with Crippen molar-refractivity contribution in [1.29, 1.82) is 0 Å². The van der Waals surface area contributed by atoms with Crippen molar-refractivity contribution >= 4 is 34.9 Å². The number of thioether (sulfide) groups is 2. The van der Waals surface area contributed by atoms with Crippen LogP contribution >= 0.6 is 34.9 Å². The largest absolute Gasteiger partial charge is 0.323 e. The Morgan fingerprint density at radius 3 is 2.69 bits per heavy atom. The minimum atomic E-state index is 0.206. The summed E-state index contributed by atoms with van der Waals surface area (Å²) in [4.78, 5) is 1.36. The Bertz CT molecular complexity index is 350. The molecule has 90 valence electrons. The Balaban J connectivity index is 2.02. The lowest BCUT2D eigenvalue weighted by Gasteiger charge is -2.34. The van der Waals surface area contributed by atoms with Crippen LogP contribution in [0.1, 0.15) is 30.3 Å². The molecule has 4 heteroatoms. The molecule has 0 amide bonds. The Hall–Kier alpha value is 0.360. The van der Waals surface area contributed by atoms with E-state index in [9.17, 15) is 0 Å². The summed E-state index contributed by atoms with van der Waals surface area (Å²) in [7, 11) is 0. The molecule has 1 nitrogen and oxygen atoms in total. The molecule has 0 spiro atoms. The van der Waals surface area contributed by atoms with Gasteiger partial charge in [-0.3, -0.25) is 0 Å². The lowest BCUT2D eigenvalue weighted by atomic mass is 10.1. The molecule has 1 aromatic heterocycles. The first kappa shape index (κ1) is 12.8. The van der Waals surface area contributed by atoms with Crippen LogP contribution in [0.15, 0.2) is 11.4 Å². The fourth-order valence-corrected chi connectivity index (χ4v) is 5.65. The van der Waals surface area contributed by atoms with Crippen LogP contribution in [-0.2, 0) is 0 Å². The lowest BCUT2D eigenvalue weighted by Crippen LogP contribution is -2.33. The van der Waals surface area contributed by atoms with Gasteiger partial charge in [0.15, 0.2) is 0 Å². The third-order valence-corrected chi connectivity index (χ3v) is 7.51. The predicted octanol–water partition coefficient (Wildman–Crippen LogP) is 3.68. The van der Waals surface area contributed by atoms with Gasteiger partial charge >= 0.3 is 0 Å². The second-order valence-electron chi connectivity index (χ2n) is 4.43. The van der Waals surface area contributed by atoms with E-state index in [1.54, 1.807) is 11.3 Å². The van der Waals surface area contributed by atoms with Gasteiger partial charge in [0.05, 0.1) is 0 Å². The van der Waals surface area contributed by atoms with E-state index in [1.165, 1.54) is 16.2 Å². The van der Waals surface area contributed by atoms with Crippen LogP contribution in [-0.4, -0.2) is 21.5 Å². The van der Waals surface area contributed by atoms with Crippen molar-refractivity contribution in [1.82, 2.24) is 0 Å². The third-order valence-electron chi connectivity index (χ3n) is 3.11. The Kier molecular flexibility index (Phi) is 4.27. The van der Waals surface area contributed by atoms with E-state index in [4.69, 9.17) is 5.73 Å². The quantitative estimate of drug-likeness (QED) is 0.890. The molecule has 2 heterocycles. The zero-order valence-electron chi connectivity index (χ0n) is 9.97. The lowest BCUT2D eigenvalue weighted by molar-refractivity contribution is 0.710. The van der Waals surface area contributed by atoms with Gasteiger partial charge in [0, 0.05) is 32.4 Å². The van der Waals surface area contributed by atoms with Crippen molar-refractivity contribution in [2.75, 3.05) is 5.75 Å². The summed E-state index contributed by atoms with van der Waals surface area (Å²) in [5.74, 6) is 1.19. The number of hydrogen-bond acceptors (Lipinski definition) is 4. The highest BCUT2D eigenvalue weighted by Crippen LogP contribution is 2.40. The molecule has 1 fully saturated rings. The third kappa shape index (κ3) is 2.78. The molecule has 1 aliphatic rings. The monoisotopic (exact) mass is 273 g/mol. The number of nitrogens with two attached hydrogens (primary N) is 1. The SMILES string of the molecule is Cc1cc(C(N)C2CSC(C)C(C)S2)cs1. The molecule has 16 heavy (non-hydrogen) atoms. The second-order valence-corrected chi connectivity index (χ2v) is 8.58. The molecule has 4 atom stereocenters. The molecule has 2 N–H and O–H groups in total. The zero-order valence-corrected chi connectivity index (χ0v) is 12.4. The van der Waals surface area contributed by atoms with Gasteiger partial charge in [0.2, 0.25) is 0 Å². The molecule has 0 bridgehead atoms. The maximum absolute atomic E-state index is 6.36. The van der Waals surface area contributed by atoms with E-state index < -0.39 is 0 Å². The van der Waals surface area contributed by atoms with E-state index in [1.807, 2.05) is 0 Å². The molecule has 0 aliphatic carbocycles. The maximum atomic E-state index is 6.36. The second kappa shape index (κ2) is 5.34. The Morgan fingerprint density at radius 2 is 2.12 bits per heavy atom. The van der Waals surface area contributed by atoms with Crippen LogP contribution in [0.2, 0.25) is 0 Å². The minimum Gasteiger partial charge on any atom is -0.323 e. The molecule has 4 unspecified atom stereocenters. The normalized spacial score (nSPS) is 32.6. The van der Waals surface area contributed by atoms with Crippen LogP contribution in [0.4, 0.5) is 0 Å². The summed E-state index contributed by atoms with van der Waals surface area (Å²) in [6.45, 7) is 6.78. The van der Waals surface area contributed by atoms with Crippen molar-refractivity contribution in [3.8, 4) is 0 Å². The minimum absolute atomic E-state index is 0.206. The standard InChI is InChI=1S/C12H19NS3/c1-7-4-10(5-14-7)12(13)11-6-15-8(2)9(3)16-11/h4-5,8-9,11-12H,6,13H2,1-3H3. The molecule has 0 aromatic carbocycles. The highest BCUT2D eigenvalue weighted by atomic mass is 32.2. The van der Waals surface area contributed by atoms with E-state index in [-0.39, 0.29) is 6.04 Å². The van der Waals surface area contributed by atoms with Crippen LogP contribution in [0, 0.1) is 6.92 Å². The summed E-state index contributed by atoms with van der Waals surface area (Å²) >= 11 is 5.93. The fraction of sp³-hybridized carbons (Fsp3) is 0.667. The number of thiophene rings is 1. The summed E-state index contributed by atoms with van der Waals surface area (Å²) in [5, 5.41) is 4.27. The first-order chi connectivity index (χ1) is 7.58. The van der Waals surface area contributed by atoms with Crippen LogP contribution in [0.25, 0.3) is 0 Å². The van der Waals surface area contributed by atoms with Crippen molar-refractivity contribution < 1.29 is 0 Å². The summed E-state index contributed by atoms with van der Waals surface area (Å²) in [6, 6.07) is 2.45. The van der Waals surface area contributed by atoms with Crippen molar-refractivity contribution in [2.45, 2.75) is 42.6 Å². The van der Waals surface area contributed by atoms with Crippen LogP contribution < -0.4 is 5.73 Å². The van der Waals surface area contributed by atoms with Crippen molar-refractivity contribution in [3.05, 3.63) is 21.9 Å². The van der Waals surface area contributed by atoms with Gasteiger partial charge in [-0.1, -0.05) is 13.8 Å². The van der Waals surface area contributed by atoms with Gasteiger partial charge < -0.3 is 5.73 Å². The average molecular weight is 273 g/mol. The topological polar surface area (TPSA) is 26.0 Å². The molecular weight excluding hydrogens is 254 g/mol. The van der Waals surface area contributed by atoms with E-state index in [2.05, 4.69) is 55.7 Å². The maximum Gasteiger partial charge on any atom is 0.0432 e. The van der Waals surface area contributed by atoms with Crippen molar-refractivity contribution in [3.63, 3.8) is 0 Å². The first-order valence-electron chi connectivity index (χ1n) is 5.65. The zero-order chi connectivity index (χ0) is 11.7. The smallest absolute Gasteiger partial charge is 0.0432 e. The molecule has 1 aromatic rings. The molecule has 1 saturated heterocycles. The Morgan fingerprint density at radius 1 is 1.38 bits per heavy atom. The van der Waals surface area contributed by atoms with Crippen LogP contribution in [0.5, 0.6) is 0 Å². The van der Waals surface area contributed by atoms with Gasteiger partial charge in [-0.05, 0) is 23.9 Å². The van der Waals surface area contributed by atoms with Gasteiger partial charge in [-0.25, -0.2) is 0 Å². The molecule has 1 aliphatic heterocycles.